The van der Waals surface area contributed by atoms with Crippen molar-refractivity contribution in [3.05, 3.63) is 71.8 Å². The van der Waals surface area contributed by atoms with Crippen molar-refractivity contribution in [2.24, 2.45) is 5.92 Å². The van der Waals surface area contributed by atoms with E-state index in [1.807, 2.05) is 18.2 Å². The first-order valence-electron chi connectivity index (χ1n) is 9.06. The summed E-state index contributed by atoms with van der Waals surface area (Å²) >= 11 is 5.47. The van der Waals surface area contributed by atoms with Crippen LogP contribution in [0.4, 0.5) is 0 Å². The molecule has 0 unspecified atom stereocenters. The Labute approximate surface area is 160 Å². The molecule has 0 bridgehead atoms. The number of likely N-dealkylation sites (tertiary alicyclic amines) is 1. The van der Waals surface area contributed by atoms with Crippen molar-refractivity contribution in [1.82, 2.24) is 4.90 Å². The number of aryl methyl sites for hydroxylation is 1. The molecule has 0 aliphatic carbocycles. The standard InChI is InChI=1S/C22H24ClNO2/c23-22(25)20-16-24(17-20)14-4-8-19-10-12-21(13-11-19)26-15-5-9-18-6-2-1-3-7-18/h1-4,6-8,10-13,20H,5,9,14-17H2/b8-4+. The van der Waals surface area contributed by atoms with Crippen molar-refractivity contribution < 1.29 is 9.53 Å². The van der Waals surface area contributed by atoms with E-state index < -0.39 is 0 Å². The topological polar surface area (TPSA) is 29.5 Å². The van der Waals surface area contributed by atoms with Crippen LogP contribution in [0.1, 0.15) is 17.5 Å². The second-order valence-corrected chi connectivity index (χ2v) is 7.00. The molecule has 0 radical (unpaired) electrons. The molecule has 2 aromatic rings. The molecule has 1 saturated heterocycles. The molecule has 136 valence electrons. The summed E-state index contributed by atoms with van der Waals surface area (Å²) in [7, 11) is 0. The minimum Gasteiger partial charge on any atom is -0.494 e. The number of halogens is 1. The summed E-state index contributed by atoms with van der Waals surface area (Å²) in [5.74, 6) is 0.921. The quantitative estimate of drug-likeness (QED) is 0.484. The molecule has 1 aliphatic heterocycles. The van der Waals surface area contributed by atoms with Crippen molar-refractivity contribution in [3.8, 4) is 5.75 Å². The van der Waals surface area contributed by atoms with Gasteiger partial charge in [-0.25, -0.2) is 0 Å². The summed E-state index contributed by atoms with van der Waals surface area (Å²) in [5.41, 5.74) is 2.49. The minimum atomic E-state index is -0.218. The maximum absolute atomic E-state index is 11.0. The second-order valence-electron chi connectivity index (χ2n) is 6.63. The van der Waals surface area contributed by atoms with Gasteiger partial charge < -0.3 is 4.74 Å². The summed E-state index contributed by atoms with van der Waals surface area (Å²) in [5, 5.41) is -0.218. The summed E-state index contributed by atoms with van der Waals surface area (Å²) in [6.07, 6.45) is 6.25. The molecule has 0 spiro atoms. The van der Waals surface area contributed by atoms with Crippen LogP contribution in [0.2, 0.25) is 0 Å². The molecule has 1 fully saturated rings. The van der Waals surface area contributed by atoms with E-state index >= 15 is 0 Å². The molecule has 0 amide bonds. The fourth-order valence-electron chi connectivity index (χ4n) is 2.99. The Morgan fingerprint density at radius 3 is 2.54 bits per heavy atom. The third-order valence-corrected chi connectivity index (χ3v) is 4.86. The van der Waals surface area contributed by atoms with Crippen LogP contribution in [0.25, 0.3) is 6.08 Å². The average Bonchev–Trinajstić information content (AvgIpc) is 2.62. The van der Waals surface area contributed by atoms with Crippen molar-refractivity contribution in [2.45, 2.75) is 12.8 Å². The minimum absolute atomic E-state index is 0.0170. The molecule has 3 rings (SSSR count). The van der Waals surface area contributed by atoms with Crippen molar-refractivity contribution in [3.63, 3.8) is 0 Å². The number of carbonyl (C=O) groups is 1. The van der Waals surface area contributed by atoms with E-state index in [4.69, 9.17) is 16.3 Å². The van der Waals surface area contributed by atoms with E-state index in [0.29, 0.717) is 0 Å². The predicted molar refractivity (Wildman–Crippen MR) is 107 cm³/mol. The molecule has 0 N–H and O–H groups in total. The highest BCUT2D eigenvalue weighted by Crippen LogP contribution is 2.18. The van der Waals surface area contributed by atoms with Crippen LogP contribution in [0.3, 0.4) is 0 Å². The lowest BCUT2D eigenvalue weighted by atomic mass is 10.0. The van der Waals surface area contributed by atoms with Crippen LogP contribution in [-0.2, 0) is 11.2 Å². The van der Waals surface area contributed by atoms with Crippen LogP contribution < -0.4 is 4.74 Å². The fourth-order valence-corrected chi connectivity index (χ4v) is 3.12. The number of rotatable bonds is 9. The van der Waals surface area contributed by atoms with Gasteiger partial charge in [0.15, 0.2) is 0 Å². The summed E-state index contributed by atoms with van der Waals surface area (Å²) in [6, 6.07) is 18.6. The Balaban J connectivity index is 1.34. The van der Waals surface area contributed by atoms with Crippen LogP contribution in [0, 0.1) is 5.92 Å². The lowest BCUT2D eigenvalue weighted by Gasteiger charge is -2.36. The van der Waals surface area contributed by atoms with Gasteiger partial charge in [-0.2, -0.15) is 0 Å². The fraction of sp³-hybridized carbons (Fsp3) is 0.318. The third-order valence-electron chi connectivity index (χ3n) is 4.55. The lowest BCUT2D eigenvalue weighted by molar-refractivity contribution is -0.119. The highest BCUT2D eigenvalue weighted by atomic mass is 35.5. The van der Waals surface area contributed by atoms with E-state index in [0.717, 1.165) is 50.4 Å². The van der Waals surface area contributed by atoms with Gasteiger partial charge in [-0.05, 0) is 47.7 Å². The number of hydrogen-bond acceptors (Lipinski definition) is 3. The molecule has 0 atom stereocenters. The van der Waals surface area contributed by atoms with E-state index in [1.54, 1.807) is 0 Å². The SMILES string of the molecule is O=C(Cl)C1CN(C/C=C/c2ccc(OCCCc3ccccc3)cc2)C1. The molecule has 4 heteroatoms. The Hall–Kier alpha value is -2.10. The molecule has 0 aromatic heterocycles. The summed E-state index contributed by atoms with van der Waals surface area (Å²) in [4.78, 5) is 13.2. The van der Waals surface area contributed by atoms with Crippen molar-refractivity contribution >= 4 is 22.9 Å². The Kier molecular flexibility index (Phi) is 6.87. The molecule has 0 saturated carbocycles. The van der Waals surface area contributed by atoms with E-state index in [9.17, 15) is 4.79 Å². The Bertz CT molecular complexity index is 722. The van der Waals surface area contributed by atoms with Gasteiger partial charge in [0.25, 0.3) is 0 Å². The van der Waals surface area contributed by atoms with E-state index in [2.05, 4.69) is 53.5 Å². The van der Waals surface area contributed by atoms with E-state index in [-0.39, 0.29) is 11.2 Å². The van der Waals surface area contributed by atoms with Crippen LogP contribution in [0.15, 0.2) is 60.7 Å². The van der Waals surface area contributed by atoms with Crippen LogP contribution >= 0.6 is 11.6 Å². The highest BCUT2D eigenvalue weighted by Gasteiger charge is 2.30. The van der Waals surface area contributed by atoms with Gasteiger partial charge in [-0.15, -0.1) is 0 Å². The first-order valence-corrected chi connectivity index (χ1v) is 9.43. The number of ether oxygens (including phenoxy) is 1. The second kappa shape index (κ2) is 9.56. The largest absolute Gasteiger partial charge is 0.494 e. The van der Waals surface area contributed by atoms with Crippen molar-refractivity contribution in [1.29, 1.82) is 0 Å². The van der Waals surface area contributed by atoms with Gasteiger partial charge in [0, 0.05) is 19.6 Å². The van der Waals surface area contributed by atoms with Gasteiger partial charge >= 0.3 is 0 Å². The van der Waals surface area contributed by atoms with Gasteiger partial charge in [-0.1, -0.05) is 54.6 Å². The van der Waals surface area contributed by atoms with Crippen LogP contribution in [0.5, 0.6) is 5.75 Å². The molecule has 3 nitrogen and oxygen atoms in total. The zero-order valence-corrected chi connectivity index (χ0v) is 15.6. The smallest absolute Gasteiger partial charge is 0.227 e. The summed E-state index contributed by atoms with van der Waals surface area (Å²) in [6.45, 7) is 3.10. The first kappa shape index (κ1) is 18.7. The zero-order valence-electron chi connectivity index (χ0n) is 14.8. The van der Waals surface area contributed by atoms with Gasteiger partial charge in [0.1, 0.15) is 5.75 Å². The first-order chi connectivity index (χ1) is 12.7. The highest BCUT2D eigenvalue weighted by molar-refractivity contribution is 6.64. The normalized spacial score (nSPS) is 15.1. The number of carbonyl (C=O) groups excluding carboxylic acids is 1. The number of nitrogens with zero attached hydrogens (tertiary/aromatic N) is 1. The number of benzene rings is 2. The predicted octanol–water partition coefficient (Wildman–Crippen LogP) is 4.41. The molecule has 26 heavy (non-hydrogen) atoms. The average molecular weight is 370 g/mol. The monoisotopic (exact) mass is 369 g/mol. The molecule has 1 heterocycles. The maximum Gasteiger partial charge on any atom is 0.227 e. The Morgan fingerprint density at radius 2 is 1.85 bits per heavy atom. The maximum atomic E-state index is 11.0. The lowest BCUT2D eigenvalue weighted by Crippen LogP contribution is -2.48. The third kappa shape index (κ3) is 5.72. The van der Waals surface area contributed by atoms with Crippen LogP contribution in [-0.4, -0.2) is 36.4 Å². The van der Waals surface area contributed by atoms with Crippen molar-refractivity contribution in [2.75, 3.05) is 26.2 Å². The number of hydrogen-bond donors (Lipinski definition) is 0. The van der Waals surface area contributed by atoms with Gasteiger partial charge in [0.2, 0.25) is 5.24 Å². The Morgan fingerprint density at radius 1 is 1.12 bits per heavy atom. The summed E-state index contributed by atoms with van der Waals surface area (Å²) < 4.78 is 5.81. The molecule has 2 aromatic carbocycles. The van der Waals surface area contributed by atoms with Gasteiger partial charge in [0.05, 0.1) is 12.5 Å². The van der Waals surface area contributed by atoms with Gasteiger partial charge in [-0.3, -0.25) is 9.69 Å². The molecule has 1 aliphatic rings. The molecular weight excluding hydrogens is 346 g/mol. The molecular formula is C22H24ClNO2. The zero-order chi connectivity index (χ0) is 18.2. The van der Waals surface area contributed by atoms with E-state index in [1.165, 1.54) is 5.56 Å².